The van der Waals surface area contributed by atoms with Gasteiger partial charge >= 0.3 is 0 Å². The van der Waals surface area contributed by atoms with Crippen molar-refractivity contribution in [2.75, 3.05) is 59.1 Å². The second kappa shape index (κ2) is 8.67. The lowest BCUT2D eigenvalue weighted by Gasteiger charge is -2.33. The number of benzene rings is 1. The van der Waals surface area contributed by atoms with Crippen molar-refractivity contribution in [2.24, 2.45) is 0 Å². The van der Waals surface area contributed by atoms with Gasteiger partial charge in [0.15, 0.2) is 0 Å². The van der Waals surface area contributed by atoms with Crippen LogP contribution >= 0.6 is 0 Å². The highest BCUT2D eigenvalue weighted by molar-refractivity contribution is 5.38. The van der Waals surface area contributed by atoms with Crippen molar-refractivity contribution >= 4 is 0 Å². The van der Waals surface area contributed by atoms with Gasteiger partial charge in [0.1, 0.15) is 12.4 Å². The zero-order valence-corrected chi connectivity index (χ0v) is 14.4. The fourth-order valence-corrected chi connectivity index (χ4v) is 3.48. The van der Waals surface area contributed by atoms with Crippen molar-refractivity contribution in [3.8, 4) is 5.75 Å². The summed E-state index contributed by atoms with van der Waals surface area (Å²) >= 11 is 0. The van der Waals surface area contributed by atoms with Gasteiger partial charge in [0.25, 0.3) is 0 Å². The fraction of sp³-hybridized carbons (Fsp3) is 0.684. The van der Waals surface area contributed by atoms with Crippen LogP contribution in [0.25, 0.3) is 0 Å². The molecular formula is C19H30N2O2. The molecule has 23 heavy (non-hydrogen) atoms. The minimum Gasteiger partial charge on any atom is -0.491 e. The summed E-state index contributed by atoms with van der Waals surface area (Å²) in [7, 11) is 0. The van der Waals surface area contributed by atoms with Crippen LogP contribution in [-0.4, -0.2) is 68.9 Å². The topological polar surface area (TPSA) is 24.9 Å². The van der Waals surface area contributed by atoms with Crippen LogP contribution in [0.2, 0.25) is 0 Å². The summed E-state index contributed by atoms with van der Waals surface area (Å²) in [5.74, 6) is 0.991. The average Bonchev–Trinajstić information content (AvgIpc) is 3.06. The SMILES string of the molecule is CCN1CCN(CCOCCOc2ccc3c(c2)CCC3)CC1. The molecule has 4 nitrogen and oxygen atoms in total. The van der Waals surface area contributed by atoms with Crippen LogP contribution in [0.1, 0.15) is 24.5 Å². The fourth-order valence-electron chi connectivity index (χ4n) is 3.48. The molecule has 1 aromatic carbocycles. The van der Waals surface area contributed by atoms with Gasteiger partial charge in [0, 0.05) is 32.7 Å². The monoisotopic (exact) mass is 318 g/mol. The van der Waals surface area contributed by atoms with Crippen molar-refractivity contribution in [3.05, 3.63) is 29.3 Å². The van der Waals surface area contributed by atoms with E-state index in [1.165, 1.54) is 63.1 Å². The van der Waals surface area contributed by atoms with E-state index in [1.54, 1.807) is 0 Å². The molecule has 0 unspecified atom stereocenters. The molecule has 1 fully saturated rings. The van der Waals surface area contributed by atoms with Gasteiger partial charge in [0.2, 0.25) is 0 Å². The van der Waals surface area contributed by atoms with E-state index in [0.29, 0.717) is 13.2 Å². The summed E-state index contributed by atoms with van der Waals surface area (Å²) in [5, 5.41) is 0. The molecular weight excluding hydrogens is 288 g/mol. The quantitative estimate of drug-likeness (QED) is 0.686. The van der Waals surface area contributed by atoms with E-state index in [1.807, 2.05) is 0 Å². The third-order valence-electron chi connectivity index (χ3n) is 5.03. The molecule has 1 aromatic rings. The van der Waals surface area contributed by atoms with E-state index >= 15 is 0 Å². The number of hydrogen-bond acceptors (Lipinski definition) is 4. The minimum atomic E-state index is 0.641. The first kappa shape index (κ1) is 16.7. The molecule has 128 valence electrons. The third kappa shape index (κ3) is 4.93. The van der Waals surface area contributed by atoms with Gasteiger partial charge in [-0.05, 0) is 49.1 Å². The summed E-state index contributed by atoms with van der Waals surface area (Å²) in [6.07, 6.45) is 3.72. The minimum absolute atomic E-state index is 0.641. The number of ether oxygens (including phenoxy) is 2. The van der Waals surface area contributed by atoms with Crippen molar-refractivity contribution < 1.29 is 9.47 Å². The molecule has 0 saturated carbocycles. The predicted molar refractivity (Wildman–Crippen MR) is 93.3 cm³/mol. The maximum Gasteiger partial charge on any atom is 0.119 e. The van der Waals surface area contributed by atoms with Gasteiger partial charge in [-0.2, -0.15) is 0 Å². The maximum atomic E-state index is 5.81. The summed E-state index contributed by atoms with van der Waals surface area (Å²) in [6, 6.07) is 6.52. The second-order valence-electron chi connectivity index (χ2n) is 6.52. The van der Waals surface area contributed by atoms with Crippen molar-refractivity contribution in [3.63, 3.8) is 0 Å². The number of fused-ring (bicyclic) bond motifs is 1. The average molecular weight is 318 g/mol. The predicted octanol–water partition coefficient (Wildman–Crippen LogP) is 2.21. The Kier molecular flexibility index (Phi) is 6.31. The Labute approximate surface area is 140 Å². The number of nitrogens with zero attached hydrogens (tertiary/aromatic N) is 2. The lowest BCUT2D eigenvalue weighted by Crippen LogP contribution is -2.47. The molecule has 1 saturated heterocycles. The highest BCUT2D eigenvalue weighted by atomic mass is 16.5. The number of piperazine rings is 1. The van der Waals surface area contributed by atoms with Gasteiger partial charge < -0.3 is 14.4 Å². The zero-order valence-electron chi connectivity index (χ0n) is 14.4. The van der Waals surface area contributed by atoms with E-state index in [4.69, 9.17) is 9.47 Å². The summed E-state index contributed by atoms with van der Waals surface area (Å²) in [5.41, 5.74) is 2.96. The molecule has 1 aliphatic carbocycles. The van der Waals surface area contributed by atoms with Gasteiger partial charge in [-0.1, -0.05) is 13.0 Å². The maximum absolute atomic E-state index is 5.81. The van der Waals surface area contributed by atoms with Crippen LogP contribution in [-0.2, 0) is 17.6 Å². The van der Waals surface area contributed by atoms with Crippen LogP contribution in [0, 0.1) is 0 Å². The first-order chi connectivity index (χ1) is 11.3. The molecule has 1 aliphatic heterocycles. The van der Waals surface area contributed by atoms with E-state index in [0.717, 1.165) is 18.9 Å². The van der Waals surface area contributed by atoms with Crippen LogP contribution in [0.15, 0.2) is 18.2 Å². The van der Waals surface area contributed by atoms with Gasteiger partial charge in [-0.25, -0.2) is 0 Å². The molecule has 0 spiro atoms. The van der Waals surface area contributed by atoms with Gasteiger partial charge in [0.05, 0.1) is 13.2 Å². The van der Waals surface area contributed by atoms with E-state index < -0.39 is 0 Å². The zero-order chi connectivity index (χ0) is 15.9. The Bertz CT molecular complexity index is 484. The normalized spacial score (nSPS) is 19.0. The smallest absolute Gasteiger partial charge is 0.119 e. The lowest BCUT2D eigenvalue weighted by molar-refractivity contribution is 0.0626. The molecule has 0 aromatic heterocycles. The first-order valence-electron chi connectivity index (χ1n) is 9.12. The first-order valence-corrected chi connectivity index (χ1v) is 9.12. The molecule has 1 heterocycles. The number of aryl methyl sites for hydroxylation is 2. The van der Waals surface area contributed by atoms with Crippen LogP contribution in [0.5, 0.6) is 5.75 Å². The standard InChI is InChI=1S/C19H30N2O2/c1-2-20-8-10-21(11-9-20)12-13-22-14-15-23-19-7-6-17-4-3-5-18(17)16-19/h6-7,16H,2-5,8-15H2,1H3. The molecule has 2 aliphatic rings. The van der Waals surface area contributed by atoms with E-state index in [-0.39, 0.29) is 0 Å². The van der Waals surface area contributed by atoms with E-state index in [9.17, 15) is 0 Å². The Morgan fingerprint density at radius 3 is 2.52 bits per heavy atom. The van der Waals surface area contributed by atoms with Gasteiger partial charge in [-0.3, -0.25) is 4.90 Å². The lowest BCUT2D eigenvalue weighted by atomic mass is 10.1. The molecule has 0 atom stereocenters. The molecule has 3 rings (SSSR count). The van der Waals surface area contributed by atoms with Crippen molar-refractivity contribution in [2.45, 2.75) is 26.2 Å². The molecule has 0 N–H and O–H groups in total. The molecule has 4 heteroatoms. The van der Waals surface area contributed by atoms with Gasteiger partial charge in [-0.15, -0.1) is 0 Å². The Hall–Kier alpha value is -1.10. The second-order valence-corrected chi connectivity index (χ2v) is 6.52. The molecule has 0 amide bonds. The Balaban J connectivity index is 1.25. The summed E-state index contributed by atoms with van der Waals surface area (Å²) in [4.78, 5) is 5.00. The highest BCUT2D eigenvalue weighted by Gasteiger charge is 2.14. The van der Waals surface area contributed by atoms with Crippen LogP contribution in [0.4, 0.5) is 0 Å². The largest absolute Gasteiger partial charge is 0.491 e. The third-order valence-corrected chi connectivity index (χ3v) is 5.03. The van der Waals surface area contributed by atoms with Crippen molar-refractivity contribution in [1.29, 1.82) is 0 Å². The number of rotatable bonds is 8. The highest BCUT2D eigenvalue weighted by Crippen LogP contribution is 2.25. The number of hydrogen-bond donors (Lipinski definition) is 0. The van der Waals surface area contributed by atoms with Crippen LogP contribution in [0.3, 0.4) is 0 Å². The molecule has 0 bridgehead atoms. The summed E-state index contributed by atoms with van der Waals surface area (Å²) < 4.78 is 11.5. The van der Waals surface area contributed by atoms with Crippen LogP contribution < -0.4 is 4.74 Å². The Morgan fingerprint density at radius 1 is 0.913 bits per heavy atom. The summed E-state index contributed by atoms with van der Waals surface area (Å²) in [6.45, 7) is 11.3. The number of likely N-dealkylation sites (N-methyl/N-ethyl adjacent to an activating group) is 1. The molecule has 0 radical (unpaired) electrons. The van der Waals surface area contributed by atoms with Crippen molar-refractivity contribution in [1.82, 2.24) is 9.80 Å². The Morgan fingerprint density at radius 2 is 1.70 bits per heavy atom. The van der Waals surface area contributed by atoms with E-state index in [2.05, 4.69) is 34.9 Å².